The third-order valence-corrected chi connectivity index (χ3v) is 11.4. The van der Waals surface area contributed by atoms with Crippen molar-refractivity contribution in [3.05, 3.63) is 71.0 Å². The van der Waals surface area contributed by atoms with Crippen LogP contribution in [0.1, 0.15) is 73.9 Å². The fourth-order valence-corrected chi connectivity index (χ4v) is 8.96. The monoisotopic (exact) mass is 593 g/mol. The van der Waals surface area contributed by atoms with Crippen LogP contribution in [0.5, 0.6) is 0 Å². The van der Waals surface area contributed by atoms with Crippen LogP contribution in [0.3, 0.4) is 0 Å². The maximum atomic E-state index is 13.4. The van der Waals surface area contributed by atoms with Gasteiger partial charge >= 0.3 is 16.2 Å². The number of nitrogens with zero attached hydrogens (tertiary/aromatic N) is 2. The van der Waals surface area contributed by atoms with Crippen LogP contribution in [-0.2, 0) is 36.4 Å². The van der Waals surface area contributed by atoms with Crippen LogP contribution in [0, 0.1) is 5.41 Å². The predicted octanol–water partition coefficient (Wildman–Crippen LogP) is 4.50. The van der Waals surface area contributed by atoms with E-state index in [9.17, 15) is 18.0 Å². The number of hydrogen-bond acceptors (Lipinski definition) is 6. The number of benzene rings is 1. The lowest BCUT2D eigenvalue weighted by atomic mass is 9.78. The van der Waals surface area contributed by atoms with Gasteiger partial charge in [-0.15, -0.1) is 0 Å². The number of hydrogen-bond donors (Lipinski definition) is 1. The molecule has 2 aliphatic heterocycles. The minimum absolute atomic E-state index is 0. The second kappa shape index (κ2) is 10.2. The van der Waals surface area contributed by atoms with Crippen molar-refractivity contribution in [1.29, 1.82) is 0 Å². The molecule has 2 unspecified atom stereocenters. The van der Waals surface area contributed by atoms with Gasteiger partial charge in [0.1, 0.15) is 0 Å². The van der Waals surface area contributed by atoms with Gasteiger partial charge in [0.05, 0.1) is 32.4 Å². The zero-order valence-corrected chi connectivity index (χ0v) is 24.8. The number of morpholine rings is 1. The minimum Gasteiger partial charge on any atom is -0.466 e. The van der Waals surface area contributed by atoms with E-state index in [1.165, 1.54) is 41.9 Å². The molecule has 1 amide bonds. The Morgan fingerprint density at radius 2 is 1.86 bits per heavy atom. The summed E-state index contributed by atoms with van der Waals surface area (Å²) in [6, 6.07) is 5.51. The zero-order chi connectivity index (χ0) is 29.1. The average molecular weight is 594 g/mol. The molecule has 1 N–H and O–H groups in total. The number of aromatic nitrogens is 1. The van der Waals surface area contributed by atoms with Crippen molar-refractivity contribution in [2.24, 2.45) is 5.41 Å². The lowest BCUT2D eigenvalue weighted by molar-refractivity contribution is -0.136. The fourth-order valence-electron chi connectivity index (χ4n) is 7.85. The fraction of sp³-hybridized carbons (Fsp3) is 0.500. The molecule has 0 bridgehead atoms. The van der Waals surface area contributed by atoms with Crippen LogP contribution in [0.25, 0.3) is 10.9 Å². The summed E-state index contributed by atoms with van der Waals surface area (Å²) in [7, 11) is -2.60. The maximum absolute atomic E-state index is 13.4. The summed E-state index contributed by atoms with van der Waals surface area (Å²) in [6.07, 6.45) is 18.6. The van der Waals surface area contributed by atoms with Gasteiger partial charge in [-0.3, -0.25) is 4.79 Å². The van der Waals surface area contributed by atoms with E-state index in [0.717, 1.165) is 36.6 Å². The number of nitrogens with one attached hydrogen (secondary N) is 1. The lowest BCUT2D eigenvalue weighted by Gasteiger charge is -2.27. The Balaban J connectivity index is 0.00000329. The van der Waals surface area contributed by atoms with Gasteiger partial charge in [-0.2, -0.15) is 12.7 Å². The second-order valence-electron chi connectivity index (χ2n) is 12.3. The van der Waals surface area contributed by atoms with Crippen molar-refractivity contribution in [2.45, 2.75) is 62.8 Å². The van der Waals surface area contributed by atoms with Crippen LogP contribution >= 0.6 is 0 Å². The molecule has 7 rings (SSSR count). The van der Waals surface area contributed by atoms with Gasteiger partial charge in [-0.25, -0.2) is 9.52 Å². The number of carbonyl (C=O) groups excluding carboxylic acids is 2. The van der Waals surface area contributed by atoms with E-state index in [0.29, 0.717) is 31.2 Å². The van der Waals surface area contributed by atoms with Crippen LogP contribution in [0.4, 0.5) is 0 Å². The van der Waals surface area contributed by atoms with Gasteiger partial charge < -0.3 is 14.0 Å². The summed E-state index contributed by atoms with van der Waals surface area (Å²) in [5, 5.41) is 1.08. The average Bonchev–Trinajstić information content (AvgIpc) is 3.59. The van der Waals surface area contributed by atoms with Crippen LogP contribution in [-0.4, -0.2) is 62.6 Å². The summed E-state index contributed by atoms with van der Waals surface area (Å²) < 4.78 is 42.2. The Morgan fingerprint density at radius 1 is 1.10 bits per heavy atom. The first kappa shape index (κ1) is 27.6. The molecular formula is C32H39N3O6S. The van der Waals surface area contributed by atoms with Crippen molar-refractivity contribution in [3.63, 3.8) is 0 Å². The second-order valence-corrected chi connectivity index (χ2v) is 13.9. The Bertz CT molecular complexity index is 1660. The van der Waals surface area contributed by atoms with Gasteiger partial charge in [0.2, 0.25) is 0 Å². The highest BCUT2D eigenvalue weighted by atomic mass is 32.2. The first-order valence-electron chi connectivity index (χ1n) is 15.0. The van der Waals surface area contributed by atoms with Gasteiger partial charge in [0, 0.05) is 47.5 Å². The van der Waals surface area contributed by atoms with E-state index >= 15 is 0 Å². The molecule has 0 spiro atoms. The molecular weight excluding hydrogens is 554 g/mol. The number of ether oxygens (including phenoxy) is 2. The summed E-state index contributed by atoms with van der Waals surface area (Å²) in [5.41, 5.74) is 3.65. The molecule has 3 fully saturated rings. The molecule has 9 nitrogen and oxygen atoms in total. The van der Waals surface area contributed by atoms with E-state index in [2.05, 4.69) is 39.7 Å². The highest BCUT2D eigenvalue weighted by Gasteiger charge is 2.67. The van der Waals surface area contributed by atoms with Crippen molar-refractivity contribution >= 4 is 33.0 Å². The highest BCUT2D eigenvalue weighted by molar-refractivity contribution is 7.87. The summed E-state index contributed by atoms with van der Waals surface area (Å²) >= 11 is 0. The summed E-state index contributed by atoms with van der Waals surface area (Å²) in [5.74, 6) is -0.648. The van der Waals surface area contributed by atoms with Crippen LogP contribution in [0.2, 0.25) is 0 Å². The van der Waals surface area contributed by atoms with Crippen molar-refractivity contribution in [1.82, 2.24) is 13.6 Å². The SMILES string of the molecule is COC(=O)C1=CC23C=CCC=CC2(C3)c2c(C3CCCCC3)c3ccc(C(=O)NS(=O)(=O)N4CCOCC4)cc3n2C1.[HH]. The maximum Gasteiger partial charge on any atom is 0.335 e. The lowest BCUT2D eigenvalue weighted by Crippen LogP contribution is -2.48. The molecule has 3 aliphatic carbocycles. The molecule has 42 heavy (non-hydrogen) atoms. The molecule has 0 radical (unpaired) electrons. The number of rotatable bonds is 5. The van der Waals surface area contributed by atoms with Crippen LogP contribution < -0.4 is 4.72 Å². The third kappa shape index (κ3) is 4.29. The molecule has 3 heterocycles. The predicted molar refractivity (Wildman–Crippen MR) is 160 cm³/mol. The van der Waals surface area contributed by atoms with Crippen molar-refractivity contribution in [3.8, 4) is 0 Å². The number of esters is 1. The summed E-state index contributed by atoms with van der Waals surface area (Å²) in [4.78, 5) is 26.5. The van der Waals surface area contributed by atoms with Crippen molar-refractivity contribution < 1.29 is 28.9 Å². The zero-order valence-electron chi connectivity index (χ0n) is 23.9. The van der Waals surface area contributed by atoms with E-state index in [-0.39, 0.29) is 36.9 Å². The quantitative estimate of drug-likeness (QED) is 0.404. The van der Waals surface area contributed by atoms with Gasteiger partial charge in [-0.05, 0) is 49.3 Å². The molecule has 2 aromatic rings. The third-order valence-electron chi connectivity index (χ3n) is 9.91. The van der Waals surface area contributed by atoms with Gasteiger partial charge in [0.25, 0.3) is 5.91 Å². The Hall–Kier alpha value is -3.21. The van der Waals surface area contributed by atoms with Crippen molar-refractivity contribution in [2.75, 3.05) is 33.4 Å². The van der Waals surface area contributed by atoms with Gasteiger partial charge in [0.15, 0.2) is 0 Å². The first-order chi connectivity index (χ1) is 20.3. The van der Waals surface area contributed by atoms with E-state index in [4.69, 9.17) is 9.47 Å². The van der Waals surface area contributed by atoms with Crippen LogP contribution in [0.15, 0.2) is 54.2 Å². The van der Waals surface area contributed by atoms with Gasteiger partial charge in [-0.1, -0.05) is 55.7 Å². The number of amides is 1. The molecule has 5 aliphatic rings. The van der Waals surface area contributed by atoms with E-state index in [1.807, 2.05) is 6.07 Å². The molecule has 224 valence electrons. The molecule has 10 heteroatoms. The standard InChI is InChI=1S/C32H37N3O6S.H2/c1-40-30(37)24-19-31-12-6-3-7-13-32(31,21-31)28-27(22-8-4-2-5-9-22)25-11-10-23(18-26(25)35(28)20-24)29(36)33-42(38,39)34-14-16-41-17-15-34;/h6-7,10-13,18-19,22H,2-5,8-9,14-17,20-21H2,1H3,(H,33,36);1H. The molecule has 1 aromatic carbocycles. The molecule has 1 aromatic heterocycles. The van der Waals surface area contributed by atoms with E-state index in [1.54, 1.807) is 12.1 Å². The number of fused-ring (bicyclic) bond motifs is 3. The number of methoxy groups -OCH3 is 1. The number of carbonyl (C=O) groups is 2. The number of allylic oxidation sites excluding steroid dienone is 5. The first-order valence-corrected chi connectivity index (χ1v) is 16.4. The highest BCUT2D eigenvalue weighted by Crippen LogP contribution is 2.71. The summed E-state index contributed by atoms with van der Waals surface area (Å²) in [6.45, 7) is 1.32. The topological polar surface area (TPSA) is 107 Å². The van der Waals surface area contributed by atoms with E-state index < -0.39 is 16.1 Å². The Morgan fingerprint density at radius 3 is 2.62 bits per heavy atom. The normalized spacial score (nSPS) is 27.7. The Kier molecular flexibility index (Phi) is 6.71. The molecule has 2 saturated carbocycles. The largest absolute Gasteiger partial charge is 0.466 e. The minimum atomic E-state index is -4.01. The molecule has 2 atom stereocenters. The molecule has 1 saturated heterocycles. The smallest absolute Gasteiger partial charge is 0.335 e. The Labute approximate surface area is 247 Å².